The van der Waals surface area contributed by atoms with Crippen LogP contribution in [0.1, 0.15) is 20.7 Å². The van der Waals surface area contributed by atoms with Gasteiger partial charge in [-0.15, -0.1) is 0 Å². The minimum atomic E-state index is 0.0651. The lowest BCUT2D eigenvalue weighted by Gasteiger charge is -1.99. The first-order valence-electron chi connectivity index (χ1n) is 5.35. The maximum atomic E-state index is 10.3. The van der Waals surface area contributed by atoms with E-state index in [2.05, 4.69) is 31.9 Å². The monoisotopic (exact) mass is 400 g/mol. The molecule has 0 spiro atoms. The van der Waals surface area contributed by atoms with Crippen LogP contribution in [0.5, 0.6) is 11.5 Å². The Morgan fingerprint density at radius 3 is 2.10 bits per heavy atom. The molecule has 0 bridgehead atoms. The largest absolute Gasteiger partial charge is 0.508 e. The zero-order valence-electron chi connectivity index (χ0n) is 10.1. The molecule has 0 aromatic heterocycles. The van der Waals surface area contributed by atoms with Crippen LogP contribution in [0.15, 0.2) is 45.3 Å². The van der Waals surface area contributed by atoms with Crippen molar-refractivity contribution in [1.29, 1.82) is 0 Å². The molecule has 0 amide bonds. The standard InChI is InChI=1S/C7H4Br2O2.C7H6O2/c8-5-2-6(9)7(11)1-4(5)3-10;8-5-6-2-1-3-7(9)4-6/h1-3,11H;1-5,9H. The number of carbonyl (C=O) groups excluding carboxylic acids is 2. The number of benzene rings is 2. The quantitative estimate of drug-likeness (QED) is 0.747. The average Bonchev–Trinajstić information content (AvgIpc) is 2.43. The maximum Gasteiger partial charge on any atom is 0.151 e. The van der Waals surface area contributed by atoms with Crippen LogP contribution in [-0.2, 0) is 0 Å². The molecule has 0 saturated heterocycles. The van der Waals surface area contributed by atoms with Crippen molar-refractivity contribution in [2.24, 2.45) is 0 Å². The number of hydrogen-bond donors (Lipinski definition) is 2. The van der Waals surface area contributed by atoms with Crippen molar-refractivity contribution in [3.8, 4) is 11.5 Å². The van der Waals surface area contributed by atoms with Crippen LogP contribution in [-0.4, -0.2) is 22.8 Å². The summed E-state index contributed by atoms with van der Waals surface area (Å²) in [5.74, 6) is 0.190. The molecular weight excluding hydrogens is 392 g/mol. The highest BCUT2D eigenvalue weighted by molar-refractivity contribution is 9.11. The molecule has 0 heterocycles. The molecule has 0 aliphatic heterocycles. The fourth-order valence-electron chi connectivity index (χ4n) is 1.24. The summed E-state index contributed by atoms with van der Waals surface area (Å²) < 4.78 is 1.23. The molecule has 0 aliphatic rings. The minimum absolute atomic E-state index is 0.0651. The molecular formula is C14H10Br2O4. The number of halogens is 2. The summed E-state index contributed by atoms with van der Waals surface area (Å²) in [5.41, 5.74) is 0.931. The number of phenols is 2. The number of hydrogen-bond acceptors (Lipinski definition) is 4. The fourth-order valence-corrected chi connectivity index (χ4v) is 2.33. The van der Waals surface area contributed by atoms with E-state index >= 15 is 0 Å². The molecule has 0 atom stereocenters. The predicted octanol–water partition coefficient (Wildman–Crippen LogP) is 3.93. The molecule has 0 unspecified atom stereocenters. The molecule has 0 radical (unpaired) electrons. The van der Waals surface area contributed by atoms with Crippen molar-refractivity contribution in [2.45, 2.75) is 0 Å². The second kappa shape index (κ2) is 7.81. The van der Waals surface area contributed by atoms with E-state index in [4.69, 9.17) is 10.2 Å². The molecule has 0 saturated carbocycles. The van der Waals surface area contributed by atoms with Gasteiger partial charge in [-0.1, -0.05) is 28.1 Å². The Morgan fingerprint density at radius 1 is 0.900 bits per heavy atom. The van der Waals surface area contributed by atoms with Crippen LogP contribution in [0.3, 0.4) is 0 Å². The third-order valence-electron chi connectivity index (χ3n) is 2.20. The zero-order chi connectivity index (χ0) is 15.1. The van der Waals surface area contributed by atoms with Crippen molar-refractivity contribution in [2.75, 3.05) is 0 Å². The van der Waals surface area contributed by atoms with Crippen molar-refractivity contribution in [3.05, 3.63) is 56.5 Å². The highest BCUT2D eigenvalue weighted by Crippen LogP contribution is 2.29. The van der Waals surface area contributed by atoms with E-state index in [9.17, 15) is 9.59 Å². The molecule has 2 N–H and O–H groups in total. The lowest BCUT2D eigenvalue weighted by atomic mass is 10.2. The van der Waals surface area contributed by atoms with Gasteiger partial charge in [0.05, 0.1) is 4.47 Å². The molecule has 0 aliphatic carbocycles. The first-order valence-corrected chi connectivity index (χ1v) is 6.94. The summed E-state index contributed by atoms with van der Waals surface area (Å²) in [6.07, 6.45) is 1.37. The molecule has 2 rings (SSSR count). The second-order valence-electron chi connectivity index (χ2n) is 3.66. The Hall–Kier alpha value is -1.66. The van der Waals surface area contributed by atoms with Gasteiger partial charge in [-0.3, -0.25) is 9.59 Å². The van der Waals surface area contributed by atoms with Crippen molar-refractivity contribution >= 4 is 44.4 Å². The normalized spacial score (nSPS) is 9.30. The molecule has 104 valence electrons. The van der Waals surface area contributed by atoms with Gasteiger partial charge in [0.2, 0.25) is 0 Å². The number of carbonyl (C=O) groups is 2. The molecule has 20 heavy (non-hydrogen) atoms. The van der Waals surface area contributed by atoms with Crippen molar-refractivity contribution in [1.82, 2.24) is 0 Å². The van der Waals surface area contributed by atoms with Gasteiger partial charge in [-0.05, 0) is 40.2 Å². The van der Waals surface area contributed by atoms with Gasteiger partial charge >= 0.3 is 0 Å². The van der Waals surface area contributed by atoms with Crippen LogP contribution in [0, 0.1) is 0 Å². The van der Waals surface area contributed by atoms with Crippen LogP contribution in [0.2, 0.25) is 0 Å². The number of aldehydes is 2. The third kappa shape index (κ3) is 4.79. The molecule has 0 fully saturated rings. The van der Waals surface area contributed by atoms with Crippen molar-refractivity contribution in [3.63, 3.8) is 0 Å². The van der Waals surface area contributed by atoms with Crippen LogP contribution in [0.25, 0.3) is 0 Å². The fraction of sp³-hybridized carbons (Fsp3) is 0. The molecule has 6 heteroatoms. The van der Waals surface area contributed by atoms with Gasteiger partial charge in [0.1, 0.15) is 17.8 Å². The van der Waals surface area contributed by atoms with Crippen LogP contribution < -0.4 is 0 Å². The molecule has 2 aromatic carbocycles. The number of phenolic OH excluding ortho intramolecular Hbond substituents is 2. The van der Waals surface area contributed by atoms with Crippen LogP contribution >= 0.6 is 31.9 Å². The van der Waals surface area contributed by atoms with E-state index in [-0.39, 0.29) is 11.5 Å². The lowest BCUT2D eigenvalue weighted by Crippen LogP contribution is -1.81. The third-order valence-corrected chi connectivity index (χ3v) is 3.52. The average molecular weight is 402 g/mol. The van der Waals surface area contributed by atoms with E-state index in [1.54, 1.807) is 18.2 Å². The van der Waals surface area contributed by atoms with Crippen molar-refractivity contribution < 1.29 is 19.8 Å². The predicted molar refractivity (Wildman–Crippen MR) is 82.4 cm³/mol. The van der Waals surface area contributed by atoms with E-state index in [1.165, 1.54) is 18.2 Å². The first-order chi connectivity index (χ1) is 9.47. The van der Waals surface area contributed by atoms with Gasteiger partial charge in [-0.2, -0.15) is 0 Å². The Kier molecular flexibility index (Phi) is 6.41. The smallest absolute Gasteiger partial charge is 0.151 e. The molecule has 2 aromatic rings. The van der Waals surface area contributed by atoms with E-state index in [0.717, 1.165) is 0 Å². The SMILES string of the molecule is O=Cc1cc(O)c(Br)cc1Br.O=Cc1cccc(O)c1. The van der Waals surface area contributed by atoms with Gasteiger partial charge in [0, 0.05) is 15.6 Å². The Bertz CT molecular complexity index is 627. The van der Waals surface area contributed by atoms with Gasteiger partial charge < -0.3 is 10.2 Å². The number of rotatable bonds is 2. The first kappa shape index (κ1) is 16.4. The van der Waals surface area contributed by atoms with Gasteiger partial charge in [0.25, 0.3) is 0 Å². The maximum absolute atomic E-state index is 10.3. The summed E-state index contributed by atoms with van der Waals surface area (Å²) in [4.78, 5) is 20.4. The topological polar surface area (TPSA) is 74.6 Å². The van der Waals surface area contributed by atoms with Gasteiger partial charge in [0.15, 0.2) is 6.29 Å². The minimum Gasteiger partial charge on any atom is -0.508 e. The highest BCUT2D eigenvalue weighted by atomic mass is 79.9. The number of aromatic hydroxyl groups is 2. The van der Waals surface area contributed by atoms with Crippen LogP contribution in [0.4, 0.5) is 0 Å². The summed E-state index contributed by atoms with van der Waals surface area (Å²) >= 11 is 6.28. The summed E-state index contributed by atoms with van der Waals surface area (Å²) in [6, 6.07) is 9.20. The Labute approximate surface area is 132 Å². The highest BCUT2D eigenvalue weighted by Gasteiger charge is 2.03. The van der Waals surface area contributed by atoms with E-state index in [0.29, 0.717) is 32.6 Å². The Morgan fingerprint density at radius 2 is 1.60 bits per heavy atom. The summed E-state index contributed by atoms with van der Waals surface area (Å²) in [6.45, 7) is 0. The lowest BCUT2D eigenvalue weighted by molar-refractivity contribution is 0.111. The van der Waals surface area contributed by atoms with E-state index in [1.807, 2.05) is 0 Å². The zero-order valence-corrected chi connectivity index (χ0v) is 13.3. The van der Waals surface area contributed by atoms with Gasteiger partial charge in [-0.25, -0.2) is 0 Å². The summed E-state index contributed by atoms with van der Waals surface area (Å²) in [7, 11) is 0. The summed E-state index contributed by atoms with van der Waals surface area (Å²) in [5, 5.41) is 17.9. The molecule has 4 nitrogen and oxygen atoms in total. The Balaban J connectivity index is 0.000000204. The van der Waals surface area contributed by atoms with E-state index < -0.39 is 0 Å². The second-order valence-corrected chi connectivity index (χ2v) is 5.36.